The number of halogens is 2. The molecular formula is C21H18Br2N2O6. The average Bonchev–Trinajstić information content (AvgIpc) is 2.74. The third-order valence-electron chi connectivity index (χ3n) is 4.28. The second-order valence-corrected chi connectivity index (χ2v) is 7.82. The van der Waals surface area contributed by atoms with Crippen LogP contribution in [0, 0.1) is 0 Å². The first kappa shape index (κ1) is 22.8. The summed E-state index contributed by atoms with van der Waals surface area (Å²) in [5, 5.41) is 12.4. The van der Waals surface area contributed by atoms with Gasteiger partial charge in [-0.2, -0.15) is 0 Å². The number of barbiturate groups is 1. The number of anilines is 1. The molecule has 1 aliphatic rings. The van der Waals surface area contributed by atoms with Gasteiger partial charge in [-0.25, -0.2) is 9.69 Å². The zero-order valence-corrected chi connectivity index (χ0v) is 19.7. The van der Waals surface area contributed by atoms with Gasteiger partial charge in [0, 0.05) is 4.47 Å². The van der Waals surface area contributed by atoms with Gasteiger partial charge < -0.3 is 14.6 Å². The lowest BCUT2D eigenvalue weighted by Gasteiger charge is -2.27. The van der Waals surface area contributed by atoms with E-state index in [1.807, 2.05) is 0 Å². The molecule has 0 spiro atoms. The molecule has 2 aromatic rings. The van der Waals surface area contributed by atoms with Gasteiger partial charge >= 0.3 is 6.03 Å². The molecule has 0 saturated carbocycles. The Balaban J connectivity index is 2.11. The number of rotatable bonds is 6. The van der Waals surface area contributed by atoms with Crippen molar-refractivity contribution >= 4 is 61.5 Å². The molecule has 10 heteroatoms. The molecule has 8 nitrogen and oxygen atoms in total. The number of phenolic OH excluding ortho intramolecular Hbond substituents is 1. The maximum atomic E-state index is 13.2. The Morgan fingerprint density at radius 1 is 1.03 bits per heavy atom. The fraction of sp³-hybridized carbons (Fsp3) is 0.190. The molecule has 1 aliphatic heterocycles. The lowest BCUT2D eigenvalue weighted by Crippen LogP contribution is -2.54. The number of nitrogens with zero attached hydrogens (tertiary/aromatic N) is 1. The summed E-state index contributed by atoms with van der Waals surface area (Å²) in [4.78, 5) is 39.0. The number of benzene rings is 2. The summed E-state index contributed by atoms with van der Waals surface area (Å²) in [5.41, 5.74) is 0.330. The lowest BCUT2D eigenvalue weighted by molar-refractivity contribution is -0.122. The van der Waals surface area contributed by atoms with Gasteiger partial charge in [0.1, 0.15) is 11.3 Å². The number of phenols is 1. The monoisotopic (exact) mass is 552 g/mol. The Labute approximate surface area is 195 Å². The Hall–Kier alpha value is -2.85. The van der Waals surface area contributed by atoms with Crippen molar-refractivity contribution in [3.8, 4) is 17.2 Å². The predicted molar refractivity (Wildman–Crippen MR) is 121 cm³/mol. The minimum absolute atomic E-state index is 0.127. The number of ether oxygens (including phenoxy) is 2. The fourth-order valence-electron chi connectivity index (χ4n) is 2.93. The van der Waals surface area contributed by atoms with Crippen LogP contribution in [-0.4, -0.2) is 36.2 Å². The summed E-state index contributed by atoms with van der Waals surface area (Å²) in [7, 11) is 0. The van der Waals surface area contributed by atoms with E-state index in [2.05, 4.69) is 37.2 Å². The van der Waals surface area contributed by atoms with Crippen LogP contribution in [-0.2, 0) is 9.59 Å². The van der Waals surface area contributed by atoms with Crippen molar-refractivity contribution in [2.45, 2.75) is 13.8 Å². The third-order valence-corrected chi connectivity index (χ3v) is 6.44. The van der Waals surface area contributed by atoms with Crippen molar-refractivity contribution < 1.29 is 29.0 Å². The van der Waals surface area contributed by atoms with Crippen LogP contribution >= 0.6 is 31.9 Å². The summed E-state index contributed by atoms with van der Waals surface area (Å²) in [6.07, 6.45) is 1.32. The molecule has 1 heterocycles. The largest absolute Gasteiger partial charge is 0.503 e. The van der Waals surface area contributed by atoms with Gasteiger partial charge in [0.25, 0.3) is 11.8 Å². The van der Waals surface area contributed by atoms with Gasteiger partial charge in [0.05, 0.1) is 23.4 Å². The van der Waals surface area contributed by atoms with E-state index in [9.17, 15) is 19.5 Å². The predicted octanol–water partition coefficient (Wildman–Crippen LogP) is 4.38. The number of hydrogen-bond donors (Lipinski definition) is 2. The van der Waals surface area contributed by atoms with E-state index in [0.717, 1.165) is 4.90 Å². The molecule has 1 saturated heterocycles. The molecule has 0 bridgehead atoms. The number of urea groups is 1. The molecule has 31 heavy (non-hydrogen) atoms. The molecule has 0 aromatic heterocycles. The Bertz CT molecular complexity index is 1100. The van der Waals surface area contributed by atoms with Gasteiger partial charge in [-0.1, -0.05) is 12.1 Å². The summed E-state index contributed by atoms with van der Waals surface area (Å²) >= 11 is 6.59. The van der Waals surface area contributed by atoms with Crippen molar-refractivity contribution in [3.05, 3.63) is 50.4 Å². The van der Waals surface area contributed by atoms with Crippen molar-refractivity contribution in [2.75, 3.05) is 18.1 Å². The van der Waals surface area contributed by atoms with Crippen LogP contribution in [0.25, 0.3) is 6.08 Å². The molecule has 1 fully saturated rings. The quantitative estimate of drug-likeness (QED) is 0.406. The van der Waals surface area contributed by atoms with E-state index in [1.165, 1.54) is 12.1 Å². The molecule has 4 amide bonds. The van der Waals surface area contributed by atoms with Crippen LogP contribution in [0.4, 0.5) is 10.5 Å². The lowest BCUT2D eigenvalue weighted by atomic mass is 10.1. The van der Waals surface area contributed by atoms with E-state index >= 15 is 0 Å². The third kappa shape index (κ3) is 4.45. The number of aromatic hydroxyl groups is 1. The highest BCUT2D eigenvalue weighted by Crippen LogP contribution is 2.43. The molecule has 162 valence electrons. The number of nitrogens with one attached hydrogen (secondary N) is 1. The minimum atomic E-state index is -0.875. The number of amides is 4. The minimum Gasteiger partial charge on any atom is -0.503 e. The van der Waals surface area contributed by atoms with E-state index in [1.54, 1.807) is 38.1 Å². The second kappa shape index (κ2) is 9.52. The first-order valence-electron chi connectivity index (χ1n) is 9.27. The van der Waals surface area contributed by atoms with Crippen LogP contribution < -0.4 is 19.7 Å². The highest BCUT2D eigenvalue weighted by molar-refractivity contribution is 9.13. The smallest absolute Gasteiger partial charge is 0.336 e. The number of para-hydroxylation sites is 2. The van der Waals surface area contributed by atoms with E-state index in [-0.39, 0.29) is 22.8 Å². The van der Waals surface area contributed by atoms with Crippen molar-refractivity contribution in [1.82, 2.24) is 5.32 Å². The number of carbonyl (C=O) groups is 3. The SMILES string of the molecule is CCOc1ccccc1N1C(=O)NC(=O)/C(=C\c2cc(OCC)c(O)c(Br)c2Br)C1=O. The average molecular weight is 554 g/mol. The van der Waals surface area contributed by atoms with Crippen LogP contribution in [0.5, 0.6) is 17.2 Å². The van der Waals surface area contributed by atoms with Gasteiger partial charge in [0.15, 0.2) is 11.5 Å². The van der Waals surface area contributed by atoms with Crippen LogP contribution in [0.15, 0.2) is 44.9 Å². The maximum absolute atomic E-state index is 13.2. The number of hydrogen-bond acceptors (Lipinski definition) is 6. The summed E-state index contributed by atoms with van der Waals surface area (Å²) in [6.45, 7) is 4.16. The molecule has 0 radical (unpaired) electrons. The zero-order chi connectivity index (χ0) is 22.7. The zero-order valence-electron chi connectivity index (χ0n) is 16.6. The molecule has 0 aliphatic carbocycles. The van der Waals surface area contributed by atoms with Crippen LogP contribution in [0.2, 0.25) is 0 Å². The summed E-state index contributed by atoms with van der Waals surface area (Å²) < 4.78 is 11.6. The molecule has 0 unspecified atom stereocenters. The molecular weight excluding hydrogens is 536 g/mol. The van der Waals surface area contributed by atoms with E-state index in [4.69, 9.17) is 9.47 Å². The highest BCUT2D eigenvalue weighted by atomic mass is 79.9. The standard InChI is InChI=1S/C21H18Br2N2O6/c1-3-30-14-8-6-5-7-13(14)25-20(28)12(19(27)24-21(25)29)9-11-10-15(31-4-2)18(26)17(23)16(11)22/h5-10,26H,3-4H2,1-2H3,(H,24,27,29)/b12-9+. The Kier molecular flexibility index (Phi) is 7.01. The van der Waals surface area contributed by atoms with E-state index in [0.29, 0.717) is 33.5 Å². The molecule has 2 N–H and O–H groups in total. The molecule has 0 atom stereocenters. The topological polar surface area (TPSA) is 105 Å². The number of imide groups is 2. The van der Waals surface area contributed by atoms with Crippen LogP contribution in [0.1, 0.15) is 19.4 Å². The Morgan fingerprint density at radius 2 is 1.68 bits per heavy atom. The van der Waals surface area contributed by atoms with Crippen molar-refractivity contribution in [3.63, 3.8) is 0 Å². The molecule has 2 aromatic carbocycles. The van der Waals surface area contributed by atoms with Gasteiger partial charge in [0.2, 0.25) is 0 Å². The number of carbonyl (C=O) groups excluding carboxylic acids is 3. The van der Waals surface area contributed by atoms with Crippen LogP contribution in [0.3, 0.4) is 0 Å². The Morgan fingerprint density at radius 3 is 2.35 bits per heavy atom. The summed E-state index contributed by atoms with van der Waals surface area (Å²) in [6, 6.07) is 7.15. The normalized spacial score (nSPS) is 15.3. The van der Waals surface area contributed by atoms with Crippen molar-refractivity contribution in [2.24, 2.45) is 0 Å². The maximum Gasteiger partial charge on any atom is 0.336 e. The first-order chi connectivity index (χ1) is 14.8. The summed E-state index contributed by atoms with van der Waals surface area (Å²) in [5.74, 6) is -1.28. The van der Waals surface area contributed by atoms with Crippen molar-refractivity contribution in [1.29, 1.82) is 0 Å². The van der Waals surface area contributed by atoms with Gasteiger partial charge in [-0.3, -0.25) is 14.9 Å². The van der Waals surface area contributed by atoms with E-state index < -0.39 is 17.8 Å². The first-order valence-corrected chi connectivity index (χ1v) is 10.9. The fourth-order valence-corrected chi connectivity index (χ4v) is 3.77. The second-order valence-electron chi connectivity index (χ2n) is 6.23. The highest BCUT2D eigenvalue weighted by Gasteiger charge is 2.38. The van der Waals surface area contributed by atoms with Gasteiger partial charge in [-0.15, -0.1) is 0 Å². The van der Waals surface area contributed by atoms with Gasteiger partial charge in [-0.05, 0) is 75.5 Å². The molecule has 3 rings (SSSR count).